The van der Waals surface area contributed by atoms with Gasteiger partial charge >= 0.3 is 0 Å². The molecule has 3 nitrogen and oxygen atoms in total. The average molecular weight is 282 g/mol. The molecule has 1 fully saturated rings. The molecule has 0 spiro atoms. The predicted octanol–water partition coefficient (Wildman–Crippen LogP) is 3.43. The first-order valence-corrected chi connectivity index (χ1v) is 7.60. The smallest absolute Gasteiger partial charge is 0.0594 e. The van der Waals surface area contributed by atoms with Gasteiger partial charge in [0.05, 0.1) is 6.10 Å². The van der Waals surface area contributed by atoms with Crippen molar-refractivity contribution < 1.29 is 4.74 Å². The lowest BCUT2D eigenvalue weighted by Gasteiger charge is -2.20. The van der Waals surface area contributed by atoms with Crippen LogP contribution in [0.5, 0.6) is 0 Å². The molecule has 0 aliphatic carbocycles. The Kier molecular flexibility index (Phi) is 4.65. The second-order valence-corrected chi connectivity index (χ2v) is 5.58. The normalized spacial score (nSPS) is 19.6. The molecule has 0 aromatic heterocycles. The van der Waals surface area contributed by atoms with E-state index >= 15 is 0 Å². The fourth-order valence-electron chi connectivity index (χ4n) is 2.93. The van der Waals surface area contributed by atoms with Gasteiger partial charge in [0.15, 0.2) is 0 Å². The van der Waals surface area contributed by atoms with Crippen LogP contribution >= 0.6 is 0 Å². The Bertz CT molecular complexity index is 547. The maximum Gasteiger partial charge on any atom is 0.0594 e. The van der Waals surface area contributed by atoms with Crippen LogP contribution in [0, 0.1) is 0 Å². The first kappa shape index (κ1) is 14.3. The van der Waals surface area contributed by atoms with E-state index in [1.807, 2.05) is 6.07 Å². The molecule has 0 radical (unpaired) electrons. The summed E-state index contributed by atoms with van der Waals surface area (Å²) in [5, 5.41) is 0. The molecule has 1 aliphatic rings. The molecule has 21 heavy (non-hydrogen) atoms. The lowest BCUT2D eigenvalue weighted by Crippen LogP contribution is -2.30. The minimum absolute atomic E-state index is 0.151. The Balaban J connectivity index is 1.72. The SMILES string of the molecule is NNC(CC1CCCO1)c1ccc(-c2ccccc2)cc1. The minimum Gasteiger partial charge on any atom is -0.378 e. The molecular weight excluding hydrogens is 260 g/mol. The molecule has 3 heteroatoms. The molecular formula is C18H22N2O. The Hall–Kier alpha value is -1.68. The van der Waals surface area contributed by atoms with Crippen LogP contribution in [0.4, 0.5) is 0 Å². The number of ether oxygens (including phenoxy) is 1. The number of benzene rings is 2. The molecule has 2 atom stereocenters. The highest BCUT2D eigenvalue weighted by atomic mass is 16.5. The third kappa shape index (κ3) is 3.50. The third-order valence-corrected chi connectivity index (χ3v) is 4.14. The number of nitrogens with one attached hydrogen (secondary N) is 1. The van der Waals surface area contributed by atoms with Gasteiger partial charge in [-0.3, -0.25) is 11.3 Å². The molecule has 110 valence electrons. The Morgan fingerprint density at radius 3 is 2.38 bits per heavy atom. The van der Waals surface area contributed by atoms with Crippen LogP contribution < -0.4 is 11.3 Å². The molecule has 1 saturated heterocycles. The van der Waals surface area contributed by atoms with E-state index in [0.29, 0.717) is 6.10 Å². The van der Waals surface area contributed by atoms with Gasteiger partial charge < -0.3 is 4.74 Å². The molecule has 0 bridgehead atoms. The van der Waals surface area contributed by atoms with E-state index in [-0.39, 0.29) is 6.04 Å². The summed E-state index contributed by atoms with van der Waals surface area (Å²) in [4.78, 5) is 0. The molecule has 0 saturated carbocycles. The van der Waals surface area contributed by atoms with E-state index in [1.165, 1.54) is 16.7 Å². The Labute approximate surface area is 126 Å². The lowest BCUT2D eigenvalue weighted by molar-refractivity contribution is 0.0946. The summed E-state index contributed by atoms with van der Waals surface area (Å²) in [5.41, 5.74) is 6.61. The Morgan fingerprint density at radius 1 is 1.05 bits per heavy atom. The van der Waals surface area contributed by atoms with E-state index in [1.54, 1.807) is 0 Å². The number of hydrogen-bond donors (Lipinski definition) is 2. The van der Waals surface area contributed by atoms with Crippen LogP contribution in [0.15, 0.2) is 54.6 Å². The summed E-state index contributed by atoms with van der Waals surface area (Å²) in [6, 6.07) is 19.2. The van der Waals surface area contributed by atoms with Crippen molar-refractivity contribution in [2.24, 2.45) is 5.84 Å². The van der Waals surface area contributed by atoms with Gasteiger partial charge in [-0.1, -0.05) is 54.6 Å². The van der Waals surface area contributed by atoms with E-state index in [4.69, 9.17) is 10.6 Å². The first-order chi connectivity index (χ1) is 10.4. The fraction of sp³-hybridized carbons (Fsp3) is 0.333. The summed E-state index contributed by atoms with van der Waals surface area (Å²) in [7, 11) is 0. The fourth-order valence-corrected chi connectivity index (χ4v) is 2.93. The van der Waals surface area contributed by atoms with Crippen LogP contribution in [0.2, 0.25) is 0 Å². The molecule has 1 aliphatic heterocycles. The number of hydrogen-bond acceptors (Lipinski definition) is 3. The van der Waals surface area contributed by atoms with E-state index < -0.39 is 0 Å². The highest BCUT2D eigenvalue weighted by molar-refractivity contribution is 5.63. The van der Waals surface area contributed by atoms with Crippen molar-refractivity contribution >= 4 is 0 Å². The number of hydrazine groups is 1. The Morgan fingerprint density at radius 2 is 1.76 bits per heavy atom. The van der Waals surface area contributed by atoms with Crippen molar-refractivity contribution in [1.29, 1.82) is 0 Å². The molecule has 3 N–H and O–H groups in total. The second-order valence-electron chi connectivity index (χ2n) is 5.58. The van der Waals surface area contributed by atoms with Crippen LogP contribution in [0.25, 0.3) is 11.1 Å². The van der Waals surface area contributed by atoms with Crippen molar-refractivity contribution in [1.82, 2.24) is 5.43 Å². The van der Waals surface area contributed by atoms with Crippen molar-refractivity contribution in [2.45, 2.75) is 31.4 Å². The van der Waals surface area contributed by atoms with Gasteiger partial charge in [0.25, 0.3) is 0 Å². The molecule has 0 amide bonds. The quantitative estimate of drug-likeness (QED) is 0.652. The standard InChI is InChI=1S/C18H22N2O/c19-20-18(13-17-7-4-12-21-17)16-10-8-15(9-11-16)14-5-2-1-3-6-14/h1-3,5-6,8-11,17-18,20H,4,7,12-13,19H2. The van der Waals surface area contributed by atoms with E-state index in [2.05, 4.69) is 54.0 Å². The summed E-state index contributed by atoms with van der Waals surface area (Å²) in [5.74, 6) is 5.73. The summed E-state index contributed by atoms with van der Waals surface area (Å²) < 4.78 is 5.70. The summed E-state index contributed by atoms with van der Waals surface area (Å²) >= 11 is 0. The highest BCUT2D eigenvalue weighted by Crippen LogP contribution is 2.26. The maximum atomic E-state index is 5.73. The van der Waals surface area contributed by atoms with Gasteiger partial charge in [-0.15, -0.1) is 0 Å². The van der Waals surface area contributed by atoms with Gasteiger partial charge in [0, 0.05) is 12.6 Å². The highest BCUT2D eigenvalue weighted by Gasteiger charge is 2.21. The van der Waals surface area contributed by atoms with Crippen LogP contribution in [0.3, 0.4) is 0 Å². The van der Waals surface area contributed by atoms with Crippen molar-refractivity contribution in [2.75, 3.05) is 6.61 Å². The second kappa shape index (κ2) is 6.85. The summed E-state index contributed by atoms with van der Waals surface area (Å²) in [6.45, 7) is 0.884. The van der Waals surface area contributed by atoms with Crippen LogP contribution in [-0.4, -0.2) is 12.7 Å². The zero-order valence-corrected chi connectivity index (χ0v) is 12.2. The average Bonchev–Trinajstić information content (AvgIpc) is 3.07. The molecule has 2 aromatic carbocycles. The van der Waals surface area contributed by atoms with E-state index in [0.717, 1.165) is 25.9 Å². The van der Waals surface area contributed by atoms with Gasteiger partial charge in [-0.05, 0) is 36.0 Å². The topological polar surface area (TPSA) is 47.3 Å². The van der Waals surface area contributed by atoms with Crippen molar-refractivity contribution in [3.63, 3.8) is 0 Å². The summed E-state index contributed by atoms with van der Waals surface area (Å²) in [6.07, 6.45) is 3.57. The van der Waals surface area contributed by atoms with Crippen molar-refractivity contribution in [3.8, 4) is 11.1 Å². The van der Waals surface area contributed by atoms with E-state index in [9.17, 15) is 0 Å². The maximum absolute atomic E-state index is 5.73. The molecule has 2 unspecified atom stereocenters. The van der Waals surface area contributed by atoms with Gasteiger partial charge in [0.1, 0.15) is 0 Å². The van der Waals surface area contributed by atoms with Gasteiger partial charge in [-0.2, -0.15) is 0 Å². The zero-order chi connectivity index (χ0) is 14.5. The van der Waals surface area contributed by atoms with Gasteiger partial charge in [-0.25, -0.2) is 0 Å². The lowest BCUT2D eigenvalue weighted by atomic mass is 9.97. The number of nitrogens with two attached hydrogens (primary N) is 1. The monoisotopic (exact) mass is 282 g/mol. The van der Waals surface area contributed by atoms with Gasteiger partial charge in [0.2, 0.25) is 0 Å². The minimum atomic E-state index is 0.151. The molecule has 2 aromatic rings. The molecule has 3 rings (SSSR count). The van der Waals surface area contributed by atoms with Crippen LogP contribution in [0.1, 0.15) is 30.9 Å². The largest absolute Gasteiger partial charge is 0.378 e. The number of rotatable bonds is 5. The first-order valence-electron chi connectivity index (χ1n) is 7.60. The zero-order valence-electron chi connectivity index (χ0n) is 12.2. The third-order valence-electron chi connectivity index (χ3n) is 4.14. The molecule has 1 heterocycles. The van der Waals surface area contributed by atoms with Crippen molar-refractivity contribution in [3.05, 3.63) is 60.2 Å². The van der Waals surface area contributed by atoms with Crippen LogP contribution in [-0.2, 0) is 4.74 Å². The predicted molar refractivity (Wildman–Crippen MR) is 85.5 cm³/mol.